The second-order valence-corrected chi connectivity index (χ2v) is 7.08. The molecule has 2 aromatic heterocycles. The molecule has 0 aliphatic heterocycles. The molecule has 0 spiro atoms. The van der Waals surface area contributed by atoms with Crippen LogP contribution in [0.5, 0.6) is 0 Å². The maximum atomic E-state index is 14.2. The van der Waals surface area contributed by atoms with Crippen molar-refractivity contribution >= 4 is 23.3 Å². The van der Waals surface area contributed by atoms with E-state index in [1.165, 1.54) is 17.4 Å². The van der Waals surface area contributed by atoms with Gasteiger partial charge in [-0.15, -0.1) is 11.3 Å². The molecule has 0 atom stereocenters. The summed E-state index contributed by atoms with van der Waals surface area (Å²) >= 11 is 1.54. The van der Waals surface area contributed by atoms with E-state index in [2.05, 4.69) is 5.32 Å². The normalized spacial score (nSPS) is 11.3. The zero-order chi connectivity index (χ0) is 19.4. The van der Waals surface area contributed by atoms with Crippen LogP contribution in [-0.4, -0.2) is 10.5 Å². The van der Waals surface area contributed by atoms with Gasteiger partial charge in [-0.05, 0) is 55.1 Å². The molecule has 0 bridgehead atoms. The fraction of sp³-hybridized carbons (Fsp3) is 0.143. The van der Waals surface area contributed by atoms with Crippen LogP contribution in [0.4, 0.5) is 4.39 Å². The number of rotatable bonds is 5. The molecule has 0 aliphatic rings. The molecular formula is C21H18FN3OS. The Hall–Kier alpha value is -3.17. The van der Waals surface area contributed by atoms with E-state index in [0.717, 1.165) is 16.3 Å². The van der Waals surface area contributed by atoms with Gasteiger partial charge in [-0.25, -0.2) is 4.39 Å². The molecule has 0 saturated heterocycles. The van der Waals surface area contributed by atoms with Crippen LogP contribution in [0, 0.1) is 31.0 Å². The van der Waals surface area contributed by atoms with E-state index >= 15 is 0 Å². The van der Waals surface area contributed by atoms with E-state index in [9.17, 15) is 14.4 Å². The summed E-state index contributed by atoms with van der Waals surface area (Å²) in [6.07, 6.45) is 1.55. The molecule has 0 unspecified atom stereocenters. The van der Waals surface area contributed by atoms with Gasteiger partial charge in [0.15, 0.2) is 0 Å². The Morgan fingerprint density at radius 3 is 2.74 bits per heavy atom. The summed E-state index contributed by atoms with van der Waals surface area (Å²) in [5.41, 5.74) is 2.74. The molecule has 3 aromatic rings. The minimum Gasteiger partial charge on any atom is -0.347 e. The van der Waals surface area contributed by atoms with Gasteiger partial charge in [0.1, 0.15) is 17.5 Å². The average Bonchev–Trinajstić information content (AvgIpc) is 3.27. The number of aryl methyl sites for hydroxylation is 1. The fourth-order valence-electron chi connectivity index (χ4n) is 2.92. The quantitative estimate of drug-likeness (QED) is 0.523. The van der Waals surface area contributed by atoms with Crippen LogP contribution in [0.25, 0.3) is 11.8 Å². The highest BCUT2D eigenvalue weighted by Gasteiger charge is 2.15. The second kappa shape index (κ2) is 8.02. The third kappa shape index (κ3) is 3.99. The number of thiophene rings is 1. The lowest BCUT2D eigenvalue weighted by Gasteiger charge is -2.10. The lowest BCUT2D eigenvalue weighted by atomic mass is 10.1. The van der Waals surface area contributed by atoms with Crippen molar-refractivity contribution in [2.24, 2.45) is 0 Å². The lowest BCUT2D eigenvalue weighted by Crippen LogP contribution is -2.23. The van der Waals surface area contributed by atoms with E-state index in [1.807, 2.05) is 43.5 Å². The molecule has 6 heteroatoms. The highest BCUT2D eigenvalue weighted by Crippen LogP contribution is 2.24. The molecule has 0 fully saturated rings. The van der Waals surface area contributed by atoms with Crippen LogP contribution in [0.15, 0.2) is 53.4 Å². The topological polar surface area (TPSA) is 57.8 Å². The van der Waals surface area contributed by atoms with Crippen molar-refractivity contribution in [3.8, 4) is 11.8 Å². The largest absolute Gasteiger partial charge is 0.347 e. The van der Waals surface area contributed by atoms with Gasteiger partial charge in [0.25, 0.3) is 5.91 Å². The highest BCUT2D eigenvalue weighted by atomic mass is 32.1. The average molecular weight is 379 g/mol. The van der Waals surface area contributed by atoms with Crippen molar-refractivity contribution in [3.63, 3.8) is 0 Å². The molecule has 27 heavy (non-hydrogen) atoms. The summed E-state index contributed by atoms with van der Waals surface area (Å²) in [5, 5.41) is 14.1. The van der Waals surface area contributed by atoms with Gasteiger partial charge >= 0.3 is 0 Å². The second-order valence-electron chi connectivity index (χ2n) is 6.05. The molecule has 1 N–H and O–H groups in total. The van der Waals surface area contributed by atoms with Crippen molar-refractivity contribution in [2.45, 2.75) is 20.4 Å². The fourth-order valence-corrected chi connectivity index (χ4v) is 3.56. The van der Waals surface area contributed by atoms with Crippen LogP contribution in [-0.2, 0) is 11.3 Å². The number of amides is 1. The van der Waals surface area contributed by atoms with Crippen molar-refractivity contribution in [1.29, 1.82) is 5.26 Å². The monoisotopic (exact) mass is 379 g/mol. The number of halogens is 1. The van der Waals surface area contributed by atoms with Gasteiger partial charge in [0.2, 0.25) is 0 Å². The molecule has 136 valence electrons. The Kier molecular flexibility index (Phi) is 5.53. The highest BCUT2D eigenvalue weighted by molar-refractivity contribution is 7.09. The van der Waals surface area contributed by atoms with E-state index < -0.39 is 5.91 Å². The van der Waals surface area contributed by atoms with Crippen molar-refractivity contribution in [2.75, 3.05) is 0 Å². The zero-order valence-electron chi connectivity index (χ0n) is 15.0. The number of benzene rings is 1. The number of hydrogen-bond acceptors (Lipinski definition) is 3. The Morgan fingerprint density at radius 2 is 2.07 bits per heavy atom. The first-order valence-corrected chi connectivity index (χ1v) is 9.25. The number of nitriles is 1. The van der Waals surface area contributed by atoms with Gasteiger partial charge in [0, 0.05) is 16.3 Å². The summed E-state index contributed by atoms with van der Waals surface area (Å²) in [6.45, 7) is 4.08. The first kappa shape index (κ1) is 18.6. The molecule has 1 aromatic carbocycles. The van der Waals surface area contributed by atoms with E-state index in [0.29, 0.717) is 17.8 Å². The maximum Gasteiger partial charge on any atom is 0.262 e. The Balaban J connectivity index is 1.89. The number of carbonyl (C=O) groups excluding carboxylic acids is 1. The standard InChI is InChI=1S/C21H18FN3OS/c1-14-10-16(15(2)25(14)20-8-4-3-7-19(20)22)11-17(12-23)21(26)24-13-18-6-5-9-27-18/h3-11H,13H2,1-2H3,(H,24,26)/b17-11-. The smallest absolute Gasteiger partial charge is 0.262 e. The van der Waals surface area contributed by atoms with Gasteiger partial charge in [-0.1, -0.05) is 18.2 Å². The number of nitrogens with zero attached hydrogens (tertiary/aromatic N) is 2. The molecule has 0 saturated carbocycles. The Bertz CT molecular complexity index is 1040. The summed E-state index contributed by atoms with van der Waals surface area (Å²) in [7, 11) is 0. The Labute approximate surface area is 161 Å². The summed E-state index contributed by atoms with van der Waals surface area (Å²) < 4.78 is 16.0. The van der Waals surface area contributed by atoms with Gasteiger partial charge in [-0.2, -0.15) is 5.26 Å². The lowest BCUT2D eigenvalue weighted by molar-refractivity contribution is -0.117. The molecule has 4 nitrogen and oxygen atoms in total. The van der Waals surface area contributed by atoms with Crippen LogP contribution in [0.1, 0.15) is 21.8 Å². The van der Waals surface area contributed by atoms with E-state index in [-0.39, 0.29) is 11.4 Å². The van der Waals surface area contributed by atoms with Gasteiger partial charge in [-0.3, -0.25) is 4.79 Å². The first-order valence-electron chi connectivity index (χ1n) is 8.37. The summed E-state index contributed by atoms with van der Waals surface area (Å²) in [4.78, 5) is 13.3. The molecule has 0 aliphatic carbocycles. The van der Waals surface area contributed by atoms with Gasteiger partial charge < -0.3 is 9.88 Å². The summed E-state index contributed by atoms with van der Waals surface area (Å²) in [6, 6.07) is 14.1. The number of carbonyl (C=O) groups is 1. The number of aromatic nitrogens is 1. The maximum absolute atomic E-state index is 14.2. The Morgan fingerprint density at radius 1 is 1.30 bits per heavy atom. The summed E-state index contributed by atoms with van der Waals surface area (Å²) in [5.74, 6) is -0.759. The van der Waals surface area contributed by atoms with Crippen LogP contribution in [0.3, 0.4) is 0 Å². The van der Waals surface area contributed by atoms with Crippen LogP contribution >= 0.6 is 11.3 Å². The van der Waals surface area contributed by atoms with Crippen molar-refractivity contribution in [1.82, 2.24) is 9.88 Å². The predicted octanol–water partition coefficient (Wildman–Crippen LogP) is 4.52. The predicted molar refractivity (Wildman–Crippen MR) is 105 cm³/mol. The molecule has 2 heterocycles. The molecule has 1 amide bonds. The van der Waals surface area contributed by atoms with Crippen molar-refractivity contribution in [3.05, 3.63) is 81.1 Å². The number of hydrogen-bond donors (Lipinski definition) is 1. The van der Waals surface area contributed by atoms with Crippen molar-refractivity contribution < 1.29 is 9.18 Å². The molecule has 0 radical (unpaired) electrons. The third-order valence-corrected chi connectivity index (χ3v) is 5.11. The third-order valence-electron chi connectivity index (χ3n) is 4.23. The minimum atomic E-state index is -0.429. The van der Waals surface area contributed by atoms with Crippen LogP contribution in [0.2, 0.25) is 0 Å². The van der Waals surface area contributed by atoms with Gasteiger partial charge in [0.05, 0.1) is 12.2 Å². The van der Waals surface area contributed by atoms with E-state index in [4.69, 9.17) is 0 Å². The molecular weight excluding hydrogens is 361 g/mol. The van der Waals surface area contributed by atoms with Crippen LogP contribution < -0.4 is 5.32 Å². The van der Waals surface area contributed by atoms with E-state index in [1.54, 1.807) is 28.8 Å². The first-order chi connectivity index (χ1) is 13.0. The number of nitrogens with one attached hydrogen (secondary N) is 1. The zero-order valence-corrected chi connectivity index (χ0v) is 15.8. The SMILES string of the molecule is Cc1cc(/C=C(/C#N)C(=O)NCc2cccs2)c(C)n1-c1ccccc1F. The molecule has 3 rings (SSSR count). The number of para-hydroxylation sites is 1. The minimum absolute atomic E-state index is 0.0142.